The van der Waals surface area contributed by atoms with Crippen LogP contribution < -0.4 is 15.0 Å². The van der Waals surface area contributed by atoms with E-state index in [0.717, 1.165) is 16.9 Å². The summed E-state index contributed by atoms with van der Waals surface area (Å²) in [5.74, 6) is -4.24. The molecule has 6 unspecified atom stereocenters. The first-order valence-corrected chi connectivity index (χ1v) is 19.8. The Morgan fingerprint density at radius 3 is 2.11 bits per heavy atom. The second kappa shape index (κ2) is 14.0. The van der Waals surface area contributed by atoms with Gasteiger partial charge in [0.25, 0.3) is 0 Å². The predicted octanol–water partition coefficient (Wildman–Crippen LogP) is 8.78. The molecule has 1 heterocycles. The molecule has 6 atom stereocenters. The Bertz CT molecular complexity index is 2470. The van der Waals surface area contributed by atoms with Crippen LogP contribution in [0.3, 0.4) is 0 Å². The zero-order valence-electron chi connectivity index (χ0n) is 30.4. The van der Waals surface area contributed by atoms with Crippen LogP contribution in [0.25, 0.3) is 5.57 Å². The first kappa shape index (κ1) is 35.9. The molecule has 1 saturated heterocycles. The summed E-state index contributed by atoms with van der Waals surface area (Å²) in [6.45, 7) is 0. The predicted molar refractivity (Wildman–Crippen MR) is 223 cm³/mol. The molecule has 56 heavy (non-hydrogen) atoms. The summed E-state index contributed by atoms with van der Waals surface area (Å²) in [4.78, 5) is 60.9. The van der Waals surface area contributed by atoms with Crippen LogP contribution in [-0.4, -0.2) is 35.6 Å². The topological polar surface area (TPSA) is 113 Å². The van der Waals surface area contributed by atoms with E-state index in [1.54, 1.807) is 18.2 Å². The minimum absolute atomic E-state index is 0.0262. The zero-order chi connectivity index (χ0) is 38.7. The van der Waals surface area contributed by atoms with Gasteiger partial charge in [-0.3, -0.25) is 24.1 Å². The Labute approximate surface area is 338 Å². The highest BCUT2D eigenvalue weighted by Crippen LogP contribution is 2.64. The number of para-hydroxylation sites is 1. The third kappa shape index (κ3) is 5.54. The number of ether oxygens (including phenoxy) is 1. The maximum absolute atomic E-state index is 15.3. The number of imide groups is 1. The number of Topliss-reactive ketones (excluding diaryl/α,β-unsaturated/α-hetero) is 1. The number of amides is 2. The van der Waals surface area contributed by atoms with Crippen LogP contribution in [0.4, 0.5) is 17.1 Å². The number of methoxy groups -OCH3 is 1. The number of phenolic OH excluding ortho intramolecular Hbond substituents is 1. The third-order valence-electron chi connectivity index (χ3n) is 12.2. The molecular weight excluding hydrogens is 815 g/mol. The van der Waals surface area contributed by atoms with E-state index in [0.29, 0.717) is 37.9 Å². The number of halogens is 1. The fraction of sp³-hybridized carbons (Fsp3) is 0.191. The van der Waals surface area contributed by atoms with E-state index in [1.807, 2.05) is 115 Å². The number of aromatic hydroxyl groups is 1. The molecule has 4 aliphatic rings. The summed E-state index contributed by atoms with van der Waals surface area (Å²) in [5.41, 5.74) is 4.03. The van der Waals surface area contributed by atoms with Crippen molar-refractivity contribution in [1.29, 1.82) is 0 Å². The van der Waals surface area contributed by atoms with Crippen LogP contribution in [0.1, 0.15) is 35.4 Å². The van der Waals surface area contributed by atoms with E-state index in [-0.39, 0.29) is 41.3 Å². The Kier molecular flexibility index (Phi) is 8.99. The molecule has 2 amide bonds. The van der Waals surface area contributed by atoms with Gasteiger partial charge in [0.1, 0.15) is 0 Å². The fourth-order valence-corrected chi connectivity index (χ4v) is 10.4. The molecule has 0 spiro atoms. The third-order valence-corrected chi connectivity index (χ3v) is 13.0. The number of anilines is 3. The minimum Gasteiger partial charge on any atom is -0.504 e. The van der Waals surface area contributed by atoms with Crippen molar-refractivity contribution in [2.75, 3.05) is 17.3 Å². The van der Waals surface area contributed by atoms with Gasteiger partial charge in [-0.1, -0.05) is 90.5 Å². The summed E-state index contributed by atoms with van der Waals surface area (Å²) in [6.07, 6.45) is 4.05. The molecule has 1 aliphatic heterocycles. The normalized spacial score (nSPS) is 25.5. The number of nitrogens with zero attached hydrogens (tertiary/aromatic N) is 1. The SMILES string of the molecule is COc1cc(C2C3=CCC4C(=O)N(c5ccc(Nc6ccccc6)cc5)C(=O)C4C3CC3C(=O)C(c4ccccc4)=CC(=O)C32c2ccccc2)cc(I)c1O. The molecule has 1 saturated carbocycles. The minimum atomic E-state index is -1.39. The molecule has 8 nitrogen and oxygen atoms in total. The van der Waals surface area contributed by atoms with E-state index in [1.165, 1.54) is 18.1 Å². The largest absolute Gasteiger partial charge is 0.504 e. The molecule has 3 aliphatic carbocycles. The molecule has 0 aromatic heterocycles. The van der Waals surface area contributed by atoms with Gasteiger partial charge in [0, 0.05) is 28.8 Å². The van der Waals surface area contributed by atoms with Crippen molar-refractivity contribution in [3.63, 3.8) is 0 Å². The second-order valence-electron chi connectivity index (χ2n) is 14.9. The first-order chi connectivity index (χ1) is 27.2. The Morgan fingerprint density at radius 2 is 1.43 bits per heavy atom. The Morgan fingerprint density at radius 1 is 0.786 bits per heavy atom. The average Bonchev–Trinajstić information content (AvgIpc) is 3.49. The van der Waals surface area contributed by atoms with Crippen molar-refractivity contribution in [2.45, 2.75) is 24.2 Å². The number of hydrogen-bond acceptors (Lipinski definition) is 7. The standard InChI is InChI=1S/C47H37IN2O6/c1-56-39-24-28(23-38(48)44(39)53)42-33-21-22-34-41(46(55)50(45(34)54)32-19-17-31(18-20-32)49-30-15-9-4-10-16-30)36(33)25-37-43(52)35(27-11-5-2-6-12-27)26-40(51)47(37,42)29-13-7-3-8-14-29/h2-21,23-24,26,34,36-37,41-42,49,53H,22,25H2,1H3. The van der Waals surface area contributed by atoms with Gasteiger partial charge in [0.05, 0.1) is 33.6 Å². The van der Waals surface area contributed by atoms with Gasteiger partial charge in [0.2, 0.25) is 11.8 Å². The summed E-state index contributed by atoms with van der Waals surface area (Å²) < 4.78 is 6.17. The van der Waals surface area contributed by atoms with E-state index < -0.39 is 35.0 Å². The molecule has 5 aromatic carbocycles. The molecule has 278 valence electrons. The van der Waals surface area contributed by atoms with Gasteiger partial charge in [0.15, 0.2) is 23.1 Å². The van der Waals surface area contributed by atoms with Crippen LogP contribution in [-0.2, 0) is 24.6 Å². The summed E-state index contributed by atoms with van der Waals surface area (Å²) in [6, 6.07) is 39.3. The lowest BCUT2D eigenvalue weighted by molar-refractivity contribution is -0.135. The molecule has 5 aromatic rings. The van der Waals surface area contributed by atoms with Crippen molar-refractivity contribution in [2.24, 2.45) is 23.7 Å². The highest BCUT2D eigenvalue weighted by Gasteiger charge is 2.66. The van der Waals surface area contributed by atoms with Gasteiger partial charge < -0.3 is 15.2 Å². The maximum atomic E-state index is 15.3. The molecular formula is C47H37IN2O6. The maximum Gasteiger partial charge on any atom is 0.238 e. The van der Waals surface area contributed by atoms with Crippen LogP contribution in [0, 0.1) is 27.2 Å². The van der Waals surface area contributed by atoms with Crippen molar-refractivity contribution < 1.29 is 29.0 Å². The van der Waals surface area contributed by atoms with E-state index >= 15 is 9.59 Å². The molecule has 9 heteroatoms. The number of hydrogen-bond donors (Lipinski definition) is 2. The van der Waals surface area contributed by atoms with Gasteiger partial charge in [-0.25, -0.2) is 0 Å². The van der Waals surface area contributed by atoms with Gasteiger partial charge >= 0.3 is 0 Å². The van der Waals surface area contributed by atoms with Gasteiger partial charge in [-0.05, 0) is 113 Å². The zero-order valence-corrected chi connectivity index (χ0v) is 32.6. The van der Waals surface area contributed by atoms with E-state index in [9.17, 15) is 14.7 Å². The van der Waals surface area contributed by atoms with Crippen molar-refractivity contribution >= 4 is 68.6 Å². The van der Waals surface area contributed by atoms with E-state index in [4.69, 9.17) is 4.74 Å². The number of benzene rings is 5. The quantitative estimate of drug-likeness (QED) is 0.0957. The summed E-state index contributed by atoms with van der Waals surface area (Å²) in [7, 11) is 1.48. The molecule has 0 radical (unpaired) electrons. The lowest BCUT2D eigenvalue weighted by Gasteiger charge is -2.55. The number of fused-ring (bicyclic) bond motifs is 4. The van der Waals surface area contributed by atoms with E-state index in [2.05, 4.69) is 27.9 Å². The lowest BCUT2D eigenvalue weighted by Crippen LogP contribution is -2.58. The van der Waals surface area contributed by atoms with Crippen LogP contribution >= 0.6 is 22.6 Å². The number of carbonyl (C=O) groups excluding carboxylic acids is 4. The van der Waals surface area contributed by atoms with Gasteiger partial charge in [-0.2, -0.15) is 0 Å². The fourth-order valence-electron chi connectivity index (χ4n) is 9.80. The van der Waals surface area contributed by atoms with Crippen molar-refractivity contribution in [1.82, 2.24) is 0 Å². The molecule has 9 rings (SSSR count). The number of phenols is 1. The number of allylic oxidation sites excluding steroid dienone is 4. The van der Waals surface area contributed by atoms with Crippen molar-refractivity contribution in [3.8, 4) is 11.5 Å². The van der Waals surface area contributed by atoms with Crippen LogP contribution in [0.15, 0.2) is 145 Å². The van der Waals surface area contributed by atoms with Crippen molar-refractivity contribution in [3.05, 3.63) is 165 Å². The average molecular weight is 853 g/mol. The Balaban J connectivity index is 1.19. The highest BCUT2D eigenvalue weighted by atomic mass is 127. The highest BCUT2D eigenvalue weighted by molar-refractivity contribution is 14.1. The lowest BCUT2D eigenvalue weighted by atomic mass is 9.44. The number of rotatable bonds is 7. The molecule has 2 fully saturated rings. The van der Waals surface area contributed by atoms with Crippen LogP contribution in [0.2, 0.25) is 0 Å². The smallest absolute Gasteiger partial charge is 0.238 e. The number of ketones is 2. The molecule has 0 bridgehead atoms. The number of nitrogens with one attached hydrogen (secondary N) is 1. The number of carbonyl (C=O) groups is 4. The molecule has 2 N–H and O–H groups in total. The monoisotopic (exact) mass is 852 g/mol. The Hall–Kier alpha value is -5.81. The summed E-state index contributed by atoms with van der Waals surface area (Å²) >= 11 is 2.05. The second-order valence-corrected chi connectivity index (χ2v) is 16.1. The van der Waals surface area contributed by atoms with Gasteiger partial charge in [-0.15, -0.1) is 0 Å². The first-order valence-electron chi connectivity index (χ1n) is 18.7. The summed E-state index contributed by atoms with van der Waals surface area (Å²) in [5, 5.41) is 14.3. The van der Waals surface area contributed by atoms with Crippen LogP contribution in [0.5, 0.6) is 11.5 Å².